The van der Waals surface area contributed by atoms with E-state index in [1.54, 1.807) is 30.3 Å². The fraction of sp³-hybridized carbons (Fsp3) is 0.278. The average molecular weight is 317 g/mol. The van der Waals surface area contributed by atoms with Gasteiger partial charge in [0.15, 0.2) is 0 Å². The van der Waals surface area contributed by atoms with Crippen LogP contribution in [0.1, 0.15) is 29.8 Å². The van der Waals surface area contributed by atoms with Gasteiger partial charge < -0.3 is 14.8 Å². The van der Waals surface area contributed by atoms with E-state index in [1.165, 1.54) is 12.1 Å². The Morgan fingerprint density at radius 1 is 1.04 bits per heavy atom. The quantitative estimate of drug-likeness (QED) is 0.849. The summed E-state index contributed by atoms with van der Waals surface area (Å²) in [5, 5.41) is 2.81. The van der Waals surface area contributed by atoms with Gasteiger partial charge in [0.1, 0.15) is 17.3 Å². The Kier molecular flexibility index (Phi) is 5.97. The van der Waals surface area contributed by atoms with Crippen molar-refractivity contribution < 1.29 is 18.7 Å². The van der Waals surface area contributed by atoms with Crippen LogP contribution in [0.4, 0.5) is 4.39 Å². The molecule has 0 aliphatic rings. The minimum absolute atomic E-state index is 0.265. The molecular weight excluding hydrogens is 297 g/mol. The summed E-state index contributed by atoms with van der Waals surface area (Å²) < 4.78 is 23.8. The molecule has 0 fully saturated rings. The second-order valence-electron chi connectivity index (χ2n) is 4.83. The average Bonchev–Trinajstić information content (AvgIpc) is 2.56. The van der Waals surface area contributed by atoms with Gasteiger partial charge in [-0.2, -0.15) is 0 Å². The van der Waals surface area contributed by atoms with Crippen LogP contribution in [0.3, 0.4) is 0 Å². The maximum absolute atomic E-state index is 12.9. The molecule has 0 aliphatic carbocycles. The van der Waals surface area contributed by atoms with Crippen LogP contribution in [0.2, 0.25) is 0 Å². The van der Waals surface area contributed by atoms with Crippen molar-refractivity contribution in [1.82, 2.24) is 5.32 Å². The largest absolute Gasteiger partial charge is 0.494 e. The zero-order chi connectivity index (χ0) is 16.7. The third kappa shape index (κ3) is 4.71. The highest BCUT2D eigenvalue weighted by Gasteiger charge is 2.14. The molecular formula is C18H20FNO3. The molecule has 0 aliphatic heterocycles. The topological polar surface area (TPSA) is 47.6 Å². The number of hydrogen-bond donors (Lipinski definition) is 1. The van der Waals surface area contributed by atoms with Crippen LogP contribution in [-0.2, 0) is 6.54 Å². The molecule has 2 rings (SSSR count). The highest BCUT2D eigenvalue weighted by molar-refractivity contribution is 5.97. The lowest BCUT2D eigenvalue weighted by Crippen LogP contribution is -2.23. The van der Waals surface area contributed by atoms with E-state index in [4.69, 9.17) is 9.47 Å². The molecule has 0 saturated carbocycles. The van der Waals surface area contributed by atoms with Gasteiger partial charge in [0.05, 0.1) is 18.8 Å². The third-order valence-corrected chi connectivity index (χ3v) is 3.17. The molecule has 0 unspecified atom stereocenters. The van der Waals surface area contributed by atoms with Crippen LogP contribution in [0, 0.1) is 5.82 Å². The summed E-state index contributed by atoms with van der Waals surface area (Å²) in [7, 11) is 0. The lowest BCUT2D eigenvalue weighted by Gasteiger charge is -2.13. The first-order chi connectivity index (χ1) is 11.1. The molecule has 1 N–H and O–H groups in total. The number of amides is 1. The Bertz CT molecular complexity index is 656. The molecule has 0 radical (unpaired) electrons. The van der Waals surface area contributed by atoms with Gasteiger partial charge in [-0.25, -0.2) is 4.39 Å². The molecule has 0 aromatic heterocycles. The second kappa shape index (κ2) is 8.17. The SMILES string of the molecule is CCOc1ccc(OCC)c(C(=O)NCc2ccc(F)cc2)c1. The molecule has 4 nitrogen and oxygen atoms in total. The van der Waals surface area contributed by atoms with Crippen molar-refractivity contribution in [2.45, 2.75) is 20.4 Å². The Labute approximate surface area is 135 Å². The van der Waals surface area contributed by atoms with Crippen molar-refractivity contribution in [3.05, 3.63) is 59.4 Å². The van der Waals surface area contributed by atoms with E-state index in [0.717, 1.165) is 5.56 Å². The van der Waals surface area contributed by atoms with Crippen molar-refractivity contribution in [2.24, 2.45) is 0 Å². The first kappa shape index (κ1) is 16.8. The van der Waals surface area contributed by atoms with Crippen molar-refractivity contribution in [3.63, 3.8) is 0 Å². The molecule has 0 heterocycles. The predicted octanol–water partition coefficient (Wildman–Crippen LogP) is 3.55. The summed E-state index contributed by atoms with van der Waals surface area (Å²) in [6, 6.07) is 11.2. The normalized spacial score (nSPS) is 10.2. The molecule has 122 valence electrons. The number of hydrogen-bond acceptors (Lipinski definition) is 3. The molecule has 23 heavy (non-hydrogen) atoms. The molecule has 0 bridgehead atoms. The zero-order valence-electron chi connectivity index (χ0n) is 13.3. The maximum atomic E-state index is 12.9. The smallest absolute Gasteiger partial charge is 0.255 e. The molecule has 2 aromatic rings. The van der Waals surface area contributed by atoms with Gasteiger partial charge in [0.25, 0.3) is 5.91 Å². The van der Waals surface area contributed by atoms with Crippen LogP contribution >= 0.6 is 0 Å². The van der Waals surface area contributed by atoms with Crippen LogP contribution in [-0.4, -0.2) is 19.1 Å². The van der Waals surface area contributed by atoms with E-state index in [-0.39, 0.29) is 11.7 Å². The van der Waals surface area contributed by atoms with E-state index in [2.05, 4.69) is 5.32 Å². The number of carbonyl (C=O) groups excluding carboxylic acids is 1. The lowest BCUT2D eigenvalue weighted by atomic mass is 10.1. The van der Waals surface area contributed by atoms with Gasteiger partial charge in [-0.3, -0.25) is 4.79 Å². The van der Waals surface area contributed by atoms with Crippen LogP contribution in [0.15, 0.2) is 42.5 Å². The van der Waals surface area contributed by atoms with Gasteiger partial charge >= 0.3 is 0 Å². The van der Waals surface area contributed by atoms with Crippen LogP contribution in [0.5, 0.6) is 11.5 Å². The highest BCUT2D eigenvalue weighted by Crippen LogP contribution is 2.24. The van der Waals surface area contributed by atoms with Crippen molar-refractivity contribution in [3.8, 4) is 11.5 Å². The Hall–Kier alpha value is -2.56. The number of benzene rings is 2. The maximum Gasteiger partial charge on any atom is 0.255 e. The molecule has 0 atom stereocenters. The van der Waals surface area contributed by atoms with Gasteiger partial charge in [-0.1, -0.05) is 12.1 Å². The standard InChI is InChI=1S/C18H20FNO3/c1-3-22-15-9-10-17(23-4-2)16(11-15)18(21)20-12-13-5-7-14(19)8-6-13/h5-11H,3-4,12H2,1-2H3,(H,20,21). The number of halogens is 1. The van der Waals surface area contributed by atoms with Crippen molar-refractivity contribution in [1.29, 1.82) is 0 Å². The van der Waals surface area contributed by atoms with E-state index >= 15 is 0 Å². The molecule has 1 amide bonds. The summed E-state index contributed by atoms with van der Waals surface area (Å²) in [6.45, 7) is 5.03. The molecule has 0 spiro atoms. The van der Waals surface area contributed by atoms with Gasteiger partial charge in [-0.05, 0) is 49.7 Å². The fourth-order valence-corrected chi connectivity index (χ4v) is 2.10. The summed E-state index contributed by atoms with van der Waals surface area (Å²) in [5.74, 6) is 0.554. The number of rotatable bonds is 7. The summed E-state index contributed by atoms with van der Waals surface area (Å²) >= 11 is 0. The number of nitrogens with one attached hydrogen (secondary N) is 1. The van der Waals surface area contributed by atoms with Gasteiger partial charge in [-0.15, -0.1) is 0 Å². The van der Waals surface area contributed by atoms with E-state index in [1.807, 2.05) is 13.8 Å². The van der Waals surface area contributed by atoms with Crippen LogP contribution in [0.25, 0.3) is 0 Å². The second-order valence-corrected chi connectivity index (χ2v) is 4.83. The Morgan fingerprint density at radius 3 is 2.39 bits per heavy atom. The van der Waals surface area contributed by atoms with Gasteiger partial charge in [0, 0.05) is 6.54 Å². The molecule has 2 aromatic carbocycles. The fourth-order valence-electron chi connectivity index (χ4n) is 2.10. The monoisotopic (exact) mass is 317 g/mol. The van der Waals surface area contributed by atoms with E-state index in [9.17, 15) is 9.18 Å². The number of ether oxygens (including phenoxy) is 2. The zero-order valence-corrected chi connectivity index (χ0v) is 13.3. The minimum Gasteiger partial charge on any atom is -0.494 e. The van der Waals surface area contributed by atoms with Crippen LogP contribution < -0.4 is 14.8 Å². The van der Waals surface area contributed by atoms with Crippen molar-refractivity contribution >= 4 is 5.91 Å². The first-order valence-electron chi connectivity index (χ1n) is 7.56. The summed E-state index contributed by atoms with van der Waals surface area (Å²) in [5.41, 5.74) is 1.23. The third-order valence-electron chi connectivity index (χ3n) is 3.17. The van der Waals surface area contributed by atoms with Gasteiger partial charge in [0.2, 0.25) is 0 Å². The molecule has 0 saturated heterocycles. The molecule has 5 heteroatoms. The Morgan fingerprint density at radius 2 is 1.74 bits per heavy atom. The van der Waals surface area contributed by atoms with E-state index in [0.29, 0.717) is 36.8 Å². The number of carbonyl (C=O) groups is 1. The first-order valence-corrected chi connectivity index (χ1v) is 7.56. The highest BCUT2D eigenvalue weighted by atomic mass is 19.1. The summed E-state index contributed by atoms with van der Waals surface area (Å²) in [6.07, 6.45) is 0. The van der Waals surface area contributed by atoms with E-state index < -0.39 is 0 Å². The lowest BCUT2D eigenvalue weighted by molar-refractivity contribution is 0.0946. The van der Waals surface area contributed by atoms with Crippen molar-refractivity contribution in [2.75, 3.05) is 13.2 Å². The minimum atomic E-state index is -0.303. The predicted molar refractivity (Wildman–Crippen MR) is 86.4 cm³/mol. The summed E-state index contributed by atoms with van der Waals surface area (Å²) in [4.78, 5) is 12.4. The Balaban J connectivity index is 2.12.